The van der Waals surface area contributed by atoms with Crippen molar-refractivity contribution in [2.45, 2.75) is 52.6 Å². The molecule has 1 aromatic carbocycles. The highest BCUT2D eigenvalue weighted by atomic mass is 79.9. The highest BCUT2D eigenvalue weighted by Gasteiger charge is 2.40. The fraction of sp³-hybridized carbons (Fsp3) is 0.500. The summed E-state index contributed by atoms with van der Waals surface area (Å²) < 4.78 is 0.919. The molecule has 1 saturated heterocycles. The number of rotatable bonds is 4. The Hall–Kier alpha value is -1.36. The monoisotopic (exact) mass is 352 g/mol. The SMILES string of the molecule is CCC(C)N1C(=O)CC(Nc2c(C)cc(C)cc2Br)C1=O. The fourth-order valence-electron chi connectivity index (χ4n) is 2.68. The fourth-order valence-corrected chi connectivity index (χ4v) is 3.47. The summed E-state index contributed by atoms with van der Waals surface area (Å²) in [7, 11) is 0. The van der Waals surface area contributed by atoms with Gasteiger partial charge in [-0.3, -0.25) is 14.5 Å². The molecule has 0 bridgehead atoms. The number of carbonyl (C=O) groups excluding carboxylic acids is 2. The maximum absolute atomic E-state index is 12.4. The Balaban J connectivity index is 2.22. The largest absolute Gasteiger partial charge is 0.372 e. The third-order valence-corrected chi connectivity index (χ3v) is 4.59. The molecular weight excluding hydrogens is 332 g/mol. The molecule has 0 radical (unpaired) electrons. The summed E-state index contributed by atoms with van der Waals surface area (Å²) in [5.74, 6) is -0.214. The minimum absolute atomic E-state index is 0.0423. The van der Waals surface area contributed by atoms with Gasteiger partial charge in [0.05, 0.1) is 12.1 Å². The summed E-state index contributed by atoms with van der Waals surface area (Å²) in [6.45, 7) is 7.90. The number of anilines is 1. The first-order chi connectivity index (χ1) is 9.85. The normalized spacial score (nSPS) is 20.0. The Morgan fingerprint density at radius 2 is 2.05 bits per heavy atom. The molecule has 2 unspecified atom stereocenters. The van der Waals surface area contributed by atoms with E-state index >= 15 is 0 Å². The molecule has 2 atom stereocenters. The summed E-state index contributed by atoms with van der Waals surface area (Å²) in [6, 6.07) is 3.55. The van der Waals surface area contributed by atoms with E-state index in [1.807, 2.05) is 33.8 Å². The van der Waals surface area contributed by atoms with Crippen LogP contribution in [0.15, 0.2) is 16.6 Å². The van der Waals surface area contributed by atoms with Crippen LogP contribution in [0.4, 0.5) is 5.69 Å². The van der Waals surface area contributed by atoms with Crippen LogP contribution in [0, 0.1) is 13.8 Å². The van der Waals surface area contributed by atoms with Crippen LogP contribution >= 0.6 is 15.9 Å². The number of nitrogens with one attached hydrogen (secondary N) is 1. The molecule has 2 amide bonds. The molecule has 1 aliphatic heterocycles. The number of hydrogen-bond donors (Lipinski definition) is 1. The molecule has 1 heterocycles. The van der Waals surface area contributed by atoms with E-state index < -0.39 is 6.04 Å². The number of imide groups is 1. The molecule has 114 valence electrons. The lowest BCUT2D eigenvalue weighted by Crippen LogP contribution is -2.40. The number of aryl methyl sites for hydroxylation is 2. The Morgan fingerprint density at radius 1 is 1.38 bits per heavy atom. The molecule has 5 heteroatoms. The van der Waals surface area contributed by atoms with Gasteiger partial charge < -0.3 is 5.32 Å². The van der Waals surface area contributed by atoms with Crippen LogP contribution in [0.5, 0.6) is 0 Å². The molecule has 1 fully saturated rings. The van der Waals surface area contributed by atoms with Gasteiger partial charge in [0.1, 0.15) is 6.04 Å². The van der Waals surface area contributed by atoms with E-state index in [4.69, 9.17) is 0 Å². The van der Waals surface area contributed by atoms with Crippen molar-refractivity contribution >= 4 is 33.4 Å². The van der Waals surface area contributed by atoms with Crippen molar-refractivity contribution < 1.29 is 9.59 Å². The predicted octanol–water partition coefficient (Wildman–Crippen LogP) is 3.40. The minimum atomic E-state index is -0.468. The van der Waals surface area contributed by atoms with Crippen molar-refractivity contribution in [3.05, 3.63) is 27.7 Å². The van der Waals surface area contributed by atoms with Gasteiger partial charge in [0.25, 0.3) is 5.91 Å². The minimum Gasteiger partial charge on any atom is -0.372 e. The van der Waals surface area contributed by atoms with Crippen molar-refractivity contribution in [2.75, 3.05) is 5.32 Å². The summed E-state index contributed by atoms with van der Waals surface area (Å²) >= 11 is 3.53. The van der Waals surface area contributed by atoms with Crippen LogP contribution in [0.3, 0.4) is 0 Å². The summed E-state index contributed by atoms with van der Waals surface area (Å²) in [5.41, 5.74) is 3.10. The smallest absolute Gasteiger partial charge is 0.252 e. The number of nitrogens with zero attached hydrogens (tertiary/aromatic N) is 1. The van der Waals surface area contributed by atoms with E-state index in [0.717, 1.165) is 27.7 Å². The molecule has 0 aliphatic carbocycles. The molecule has 0 spiro atoms. The number of benzene rings is 1. The maximum atomic E-state index is 12.4. The highest BCUT2D eigenvalue weighted by molar-refractivity contribution is 9.10. The van der Waals surface area contributed by atoms with Crippen molar-refractivity contribution in [1.82, 2.24) is 4.90 Å². The first-order valence-electron chi connectivity index (χ1n) is 7.24. The van der Waals surface area contributed by atoms with Gasteiger partial charge in [-0.15, -0.1) is 0 Å². The highest BCUT2D eigenvalue weighted by Crippen LogP contribution is 2.30. The average Bonchev–Trinajstić information content (AvgIpc) is 2.68. The predicted molar refractivity (Wildman–Crippen MR) is 87.2 cm³/mol. The molecule has 0 aromatic heterocycles. The molecule has 0 saturated carbocycles. The zero-order valence-electron chi connectivity index (χ0n) is 12.9. The van der Waals surface area contributed by atoms with E-state index in [1.54, 1.807) is 0 Å². The number of amides is 2. The van der Waals surface area contributed by atoms with Gasteiger partial charge in [-0.05, 0) is 60.3 Å². The quantitative estimate of drug-likeness (QED) is 0.844. The lowest BCUT2D eigenvalue weighted by molar-refractivity contribution is -0.140. The number of hydrogen-bond acceptors (Lipinski definition) is 3. The first-order valence-corrected chi connectivity index (χ1v) is 8.03. The van der Waals surface area contributed by atoms with Crippen molar-refractivity contribution in [3.8, 4) is 0 Å². The average molecular weight is 353 g/mol. The second-order valence-corrected chi connectivity index (χ2v) is 6.55. The van der Waals surface area contributed by atoms with E-state index in [2.05, 4.69) is 27.3 Å². The maximum Gasteiger partial charge on any atom is 0.252 e. The third-order valence-electron chi connectivity index (χ3n) is 3.96. The Bertz CT molecular complexity index is 563. The summed E-state index contributed by atoms with van der Waals surface area (Å²) in [5, 5.41) is 3.23. The van der Waals surface area contributed by atoms with Crippen LogP contribution < -0.4 is 5.32 Å². The molecule has 21 heavy (non-hydrogen) atoms. The molecule has 4 nitrogen and oxygen atoms in total. The van der Waals surface area contributed by atoms with Crippen molar-refractivity contribution in [3.63, 3.8) is 0 Å². The second-order valence-electron chi connectivity index (χ2n) is 5.70. The second kappa shape index (κ2) is 6.18. The van der Waals surface area contributed by atoms with E-state index in [1.165, 1.54) is 4.90 Å². The molecule has 1 aliphatic rings. The van der Waals surface area contributed by atoms with Crippen LogP contribution in [-0.4, -0.2) is 28.8 Å². The number of likely N-dealkylation sites (tertiary alicyclic amines) is 1. The van der Waals surface area contributed by atoms with Gasteiger partial charge in [0.15, 0.2) is 0 Å². The first kappa shape index (κ1) is 16.0. The van der Waals surface area contributed by atoms with Gasteiger partial charge in [-0.1, -0.05) is 13.0 Å². The van der Waals surface area contributed by atoms with Gasteiger partial charge in [0.2, 0.25) is 5.91 Å². The van der Waals surface area contributed by atoms with Gasteiger partial charge in [-0.25, -0.2) is 0 Å². The standard InChI is InChI=1S/C16H21BrN2O2/c1-5-11(4)19-14(20)8-13(16(19)21)18-15-10(3)6-9(2)7-12(15)17/h6-7,11,13,18H,5,8H2,1-4H3. The van der Waals surface area contributed by atoms with Gasteiger partial charge in [-0.2, -0.15) is 0 Å². The van der Waals surface area contributed by atoms with Gasteiger partial charge >= 0.3 is 0 Å². The van der Waals surface area contributed by atoms with E-state index in [0.29, 0.717) is 0 Å². The third kappa shape index (κ3) is 3.12. The van der Waals surface area contributed by atoms with Crippen molar-refractivity contribution in [1.29, 1.82) is 0 Å². The zero-order chi connectivity index (χ0) is 15.7. The Morgan fingerprint density at radius 3 is 2.62 bits per heavy atom. The Labute approximate surface area is 134 Å². The molecule has 2 rings (SSSR count). The lowest BCUT2D eigenvalue weighted by atomic mass is 10.1. The number of carbonyl (C=O) groups is 2. The molecule has 1 N–H and O–H groups in total. The van der Waals surface area contributed by atoms with Gasteiger partial charge in [0, 0.05) is 10.5 Å². The van der Waals surface area contributed by atoms with Crippen LogP contribution in [-0.2, 0) is 9.59 Å². The number of halogens is 1. The van der Waals surface area contributed by atoms with E-state index in [9.17, 15) is 9.59 Å². The molecular formula is C16H21BrN2O2. The topological polar surface area (TPSA) is 49.4 Å². The van der Waals surface area contributed by atoms with Crippen LogP contribution in [0.2, 0.25) is 0 Å². The summed E-state index contributed by atoms with van der Waals surface area (Å²) in [4.78, 5) is 25.9. The lowest BCUT2D eigenvalue weighted by Gasteiger charge is -2.22. The summed E-state index contributed by atoms with van der Waals surface area (Å²) in [6.07, 6.45) is 1.00. The Kier molecular flexibility index (Phi) is 4.71. The van der Waals surface area contributed by atoms with E-state index in [-0.39, 0.29) is 24.3 Å². The van der Waals surface area contributed by atoms with Crippen LogP contribution in [0.1, 0.15) is 37.8 Å². The molecule has 1 aromatic rings. The van der Waals surface area contributed by atoms with Crippen molar-refractivity contribution in [2.24, 2.45) is 0 Å². The zero-order valence-corrected chi connectivity index (χ0v) is 14.5. The van der Waals surface area contributed by atoms with Crippen LogP contribution in [0.25, 0.3) is 0 Å².